The number of carbonyl (C=O) groups is 2. The number of carbonyl (C=O) groups excluding carboxylic acids is 2. The zero-order chi connectivity index (χ0) is 16.1. The van der Waals surface area contributed by atoms with Crippen molar-refractivity contribution in [2.45, 2.75) is 52.9 Å². The van der Waals surface area contributed by atoms with E-state index in [4.69, 9.17) is 0 Å². The van der Waals surface area contributed by atoms with Crippen LogP contribution in [-0.4, -0.2) is 36.9 Å². The Labute approximate surface area is 127 Å². The van der Waals surface area contributed by atoms with Crippen LogP contribution in [0.3, 0.4) is 0 Å². The SMILES string of the molecule is CCCC(C#N)(CCC)C(=O)N1CCC(C)(C(=O)NC)C1. The van der Waals surface area contributed by atoms with Crippen molar-refractivity contribution in [3.05, 3.63) is 0 Å². The monoisotopic (exact) mass is 293 g/mol. The van der Waals surface area contributed by atoms with Crippen molar-refractivity contribution in [3.63, 3.8) is 0 Å². The van der Waals surface area contributed by atoms with Crippen LogP contribution in [0.25, 0.3) is 0 Å². The molecule has 2 amide bonds. The number of nitriles is 1. The molecule has 1 fully saturated rings. The second-order valence-electron chi connectivity index (χ2n) is 6.31. The molecule has 0 aromatic heterocycles. The Bertz CT molecular complexity index is 435. The molecule has 21 heavy (non-hydrogen) atoms. The molecule has 5 heteroatoms. The molecule has 0 aromatic carbocycles. The summed E-state index contributed by atoms with van der Waals surface area (Å²) in [6.45, 7) is 6.83. The lowest BCUT2D eigenvalue weighted by molar-refractivity contribution is -0.139. The lowest BCUT2D eigenvalue weighted by Crippen LogP contribution is -2.45. The highest BCUT2D eigenvalue weighted by Gasteiger charge is 2.47. The van der Waals surface area contributed by atoms with Crippen molar-refractivity contribution < 1.29 is 9.59 Å². The summed E-state index contributed by atoms with van der Waals surface area (Å²) in [4.78, 5) is 26.5. The van der Waals surface area contributed by atoms with E-state index in [1.54, 1.807) is 11.9 Å². The van der Waals surface area contributed by atoms with E-state index < -0.39 is 10.8 Å². The van der Waals surface area contributed by atoms with E-state index >= 15 is 0 Å². The summed E-state index contributed by atoms with van der Waals surface area (Å²) < 4.78 is 0. The first-order chi connectivity index (χ1) is 9.89. The van der Waals surface area contributed by atoms with Crippen LogP contribution in [0.2, 0.25) is 0 Å². The first-order valence-electron chi connectivity index (χ1n) is 7.82. The topological polar surface area (TPSA) is 73.2 Å². The van der Waals surface area contributed by atoms with Crippen LogP contribution >= 0.6 is 0 Å². The van der Waals surface area contributed by atoms with Gasteiger partial charge in [0.25, 0.3) is 0 Å². The molecule has 0 spiro atoms. The van der Waals surface area contributed by atoms with Gasteiger partial charge in [-0.15, -0.1) is 0 Å². The molecular formula is C16H27N3O2. The summed E-state index contributed by atoms with van der Waals surface area (Å²) in [6.07, 6.45) is 3.44. The molecule has 1 saturated heterocycles. The summed E-state index contributed by atoms with van der Waals surface area (Å²) in [5.41, 5.74) is -1.46. The fourth-order valence-electron chi connectivity index (χ4n) is 3.28. The van der Waals surface area contributed by atoms with Gasteiger partial charge in [-0.25, -0.2) is 0 Å². The van der Waals surface area contributed by atoms with Crippen LogP contribution in [-0.2, 0) is 9.59 Å². The standard InChI is InChI=1S/C16H27N3O2/c1-5-7-16(11-17,8-6-2)14(21)19-10-9-15(3,12-19)13(20)18-4/h5-10,12H2,1-4H3,(H,18,20). The Kier molecular flexibility index (Phi) is 5.77. The average molecular weight is 293 g/mol. The summed E-state index contributed by atoms with van der Waals surface area (Å²) in [6, 6.07) is 2.27. The maximum atomic E-state index is 12.8. The lowest BCUT2D eigenvalue weighted by atomic mass is 9.79. The fraction of sp³-hybridized carbons (Fsp3) is 0.812. The van der Waals surface area contributed by atoms with Crippen LogP contribution < -0.4 is 5.32 Å². The van der Waals surface area contributed by atoms with E-state index in [2.05, 4.69) is 11.4 Å². The predicted octanol–water partition coefficient (Wildman–Crippen LogP) is 2.08. The van der Waals surface area contributed by atoms with E-state index in [0.717, 1.165) is 12.8 Å². The van der Waals surface area contributed by atoms with Crippen molar-refractivity contribution in [1.82, 2.24) is 10.2 Å². The van der Waals surface area contributed by atoms with Crippen molar-refractivity contribution in [1.29, 1.82) is 5.26 Å². The third-order valence-corrected chi connectivity index (χ3v) is 4.51. The number of rotatable bonds is 6. The summed E-state index contributed by atoms with van der Waals surface area (Å²) in [5, 5.41) is 12.2. The summed E-state index contributed by atoms with van der Waals surface area (Å²) >= 11 is 0. The van der Waals surface area contributed by atoms with Crippen molar-refractivity contribution in [2.75, 3.05) is 20.1 Å². The van der Waals surface area contributed by atoms with Gasteiger partial charge in [-0.2, -0.15) is 5.26 Å². The van der Waals surface area contributed by atoms with Crippen LogP contribution in [0.5, 0.6) is 0 Å². The first-order valence-corrected chi connectivity index (χ1v) is 7.82. The van der Waals surface area contributed by atoms with E-state index in [-0.39, 0.29) is 11.8 Å². The maximum absolute atomic E-state index is 12.8. The van der Waals surface area contributed by atoms with E-state index in [1.807, 2.05) is 20.8 Å². The minimum atomic E-state index is -0.919. The van der Waals surface area contributed by atoms with Gasteiger partial charge >= 0.3 is 0 Å². The first kappa shape index (κ1) is 17.5. The molecule has 1 rings (SSSR count). The number of nitrogens with one attached hydrogen (secondary N) is 1. The molecule has 0 saturated carbocycles. The molecule has 0 aromatic rings. The Morgan fingerprint density at radius 1 is 1.33 bits per heavy atom. The predicted molar refractivity (Wildman–Crippen MR) is 81.2 cm³/mol. The molecule has 1 heterocycles. The molecular weight excluding hydrogens is 266 g/mol. The van der Waals surface area contributed by atoms with Crippen LogP contribution in [0.15, 0.2) is 0 Å². The second-order valence-corrected chi connectivity index (χ2v) is 6.31. The molecule has 1 aliphatic rings. The quantitative estimate of drug-likeness (QED) is 0.815. The van der Waals surface area contributed by atoms with Gasteiger partial charge in [-0.3, -0.25) is 9.59 Å². The molecule has 0 aliphatic carbocycles. The van der Waals surface area contributed by atoms with Crippen LogP contribution in [0.1, 0.15) is 52.9 Å². The third kappa shape index (κ3) is 3.37. The largest absolute Gasteiger partial charge is 0.359 e. The highest BCUT2D eigenvalue weighted by Crippen LogP contribution is 2.37. The minimum Gasteiger partial charge on any atom is -0.359 e. The smallest absolute Gasteiger partial charge is 0.243 e. The number of amides is 2. The number of likely N-dealkylation sites (tertiary alicyclic amines) is 1. The van der Waals surface area contributed by atoms with Gasteiger partial charge in [0.15, 0.2) is 0 Å². The molecule has 1 aliphatic heterocycles. The van der Waals surface area contributed by atoms with Gasteiger partial charge in [-0.05, 0) is 26.2 Å². The number of nitrogens with zero attached hydrogens (tertiary/aromatic N) is 2. The molecule has 1 atom stereocenters. The molecule has 1 unspecified atom stereocenters. The normalized spacial score (nSPS) is 22.0. The summed E-state index contributed by atoms with van der Waals surface area (Å²) in [7, 11) is 1.62. The molecule has 0 bridgehead atoms. The second kappa shape index (κ2) is 6.93. The molecule has 1 N–H and O–H groups in total. The maximum Gasteiger partial charge on any atom is 0.243 e. The highest BCUT2D eigenvalue weighted by atomic mass is 16.2. The molecule has 0 radical (unpaired) electrons. The zero-order valence-corrected chi connectivity index (χ0v) is 13.7. The Hall–Kier alpha value is -1.57. The fourth-order valence-corrected chi connectivity index (χ4v) is 3.28. The highest BCUT2D eigenvalue weighted by molar-refractivity contribution is 5.88. The van der Waals surface area contributed by atoms with Crippen molar-refractivity contribution in [2.24, 2.45) is 10.8 Å². The average Bonchev–Trinajstić information content (AvgIpc) is 2.89. The van der Waals surface area contributed by atoms with Crippen molar-refractivity contribution >= 4 is 11.8 Å². The zero-order valence-electron chi connectivity index (χ0n) is 13.7. The number of hydrogen-bond acceptors (Lipinski definition) is 3. The van der Waals surface area contributed by atoms with Gasteiger partial charge in [0, 0.05) is 20.1 Å². The Balaban J connectivity index is 2.93. The van der Waals surface area contributed by atoms with Gasteiger partial charge in [0.2, 0.25) is 11.8 Å². The van der Waals surface area contributed by atoms with Crippen molar-refractivity contribution in [3.8, 4) is 6.07 Å². The van der Waals surface area contributed by atoms with Crippen LogP contribution in [0.4, 0.5) is 0 Å². The Morgan fingerprint density at radius 3 is 2.33 bits per heavy atom. The van der Waals surface area contributed by atoms with E-state index in [0.29, 0.717) is 32.4 Å². The van der Waals surface area contributed by atoms with Gasteiger partial charge in [0.1, 0.15) is 5.41 Å². The minimum absolute atomic E-state index is 0.0358. The molecule has 5 nitrogen and oxygen atoms in total. The summed E-state index contributed by atoms with van der Waals surface area (Å²) in [5.74, 6) is -0.132. The number of hydrogen-bond donors (Lipinski definition) is 1. The van der Waals surface area contributed by atoms with Gasteiger partial charge in [-0.1, -0.05) is 26.7 Å². The van der Waals surface area contributed by atoms with E-state index in [9.17, 15) is 14.9 Å². The van der Waals surface area contributed by atoms with Gasteiger partial charge in [0.05, 0.1) is 11.5 Å². The Morgan fingerprint density at radius 2 is 1.90 bits per heavy atom. The van der Waals surface area contributed by atoms with Crippen LogP contribution in [0, 0.1) is 22.2 Å². The lowest BCUT2D eigenvalue weighted by Gasteiger charge is -2.31. The van der Waals surface area contributed by atoms with Gasteiger partial charge < -0.3 is 10.2 Å². The third-order valence-electron chi connectivity index (χ3n) is 4.51. The van der Waals surface area contributed by atoms with E-state index in [1.165, 1.54) is 0 Å². The molecule has 118 valence electrons.